The van der Waals surface area contributed by atoms with Gasteiger partial charge in [0.2, 0.25) is 0 Å². The highest BCUT2D eigenvalue weighted by Gasteiger charge is 2.29. The number of hydrogen-bond donors (Lipinski definition) is 1. The molecule has 0 atom stereocenters. The lowest BCUT2D eigenvalue weighted by atomic mass is 10.2. The molecule has 0 aliphatic carbocycles. The maximum Gasteiger partial charge on any atom is 0.324 e. The van der Waals surface area contributed by atoms with Crippen LogP contribution in [0.1, 0.15) is 26.3 Å². The summed E-state index contributed by atoms with van der Waals surface area (Å²) in [4.78, 5) is 27.5. The molecule has 1 aliphatic heterocycles. The molecule has 1 saturated heterocycles. The molecule has 2 amide bonds. The maximum atomic E-state index is 12.4. The van der Waals surface area contributed by atoms with E-state index in [-0.39, 0.29) is 18.5 Å². The van der Waals surface area contributed by atoms with Crippen LogP contribution in [0.3, 0.4) is 0 Å². The van der Waals surface area contributed by atoms with Crippen LogP contribution in [0, 0.1) is 11.3 Å². The lowest BCUT2D eigenvalue weighted by Crippen LogP contribution is -2.38. The number of hydrogen-bond acceptors (Lipinski definition) is 5. The highest BCUT2D eigenvalue weighted by atomic mass is 16.6. The third kappa shape index (κ3) is 5.47. The minimum absolute atomic E-state index is 0.0659. The fraction of sp³-hybridized carbons (Fsp3) is 0.500. The molecule has 7 nitrogen and oxygen atoms in total. The highest BCUT2D eigenvalue weighted by molar-refractivity contribution is 5.94. The molecular formula is C18H24N4O3. The summed E-state index contributed by atoms with van der Waals surface area (Å²) in [6, 6.07) is 8.96. The molecule has 2 rings (SSSR count). The number of rotatable bonds is 6. The van der Waals surface area contributed by atoms with E-state index in [0.29, 0.717) is 31.7 Å². The molecule has 0 spiro atoms. The first-order valence-electron chi connectivity index (χ1n) is 8.29. The lowest BCUT2D eigenvalue weighted by Gasteiger charge is -2.20. The van der Waals surface area contributed by atoms with Crippen LogP contribution in [0.4, 0.5) is 10.5 Å². The van der Waals surface area contributed by atoms with Crippen molar-refractivity contribution in [2.75, 3.05) is 37.6 Å². The van der Waals surface area contributed by atoms with Crippen LogP contribution in [0.25, 0.3) is 0 Å². The summed E-state index contributed by atoms with van der Waals surface area (Å²) in [7, 11) is 0. The van der Waals surface area contributed by atoms with Gasteiger partial charge in [-0.3, -0.25) is 9.69 Å². The molecule has 1 aromatic rings. The molecule has 1 heterocycles. The Labute approximate surface area is 148 Å². The molecule has 1 N–H and O–H groups in total. The van der Waals surface area contributed by atoms with E-state index in [1.165, 1.54) is 0 Å². The smallest absolute Gasteiger partial charge is 0.324 e. The van der Waals surface area contributed by atoms with Gasteiger partial charge < -0.3 is 15.0 Å². The minimum Gasteiger partial charge on any atom is -0.459 e. The number of anilines is 1. The number of carbonyl (C=O) groups is 2. The van der Waals surface area contributed by atoms with E-state index in [1.807, 2.05) is 20.8 Å². The Morgan fingerprint density at radius 1 is 1.28 bits per heavy atom. The normalized spacial score (nSPS) is 14.6. The molecule has 1 fully saturated rings. The van der Waals surface area contributed by atoms with Gasteiger partial charge in [0.1, 0.15) is 5.60 Å². The van der Waals surface area contributed by atoms with Gasteiger partial charge in [0, 0.05) is 31.9 Å². The van der Waals surface area contributed by atoms with Crippen molar-refractivity contribution in [2.45, 2.75) is 26.4 Å². The van der Waals surface area contributed by atoms with Crippen LogP contribution >= 0.6 is 0 Å². The van der Waals surface area contributed by atoms with Crippen LogP contribution < -0.4 is 10.2 Å². The second-order valence-electron chi connectivity index (χ2n) is 6.84. The third-order valence-corrected chi connectivity index (χ3v) is 3.65. The predicted molar refractivity (Wildman–Crippen MR) is 94.2 cm³/mol. The van der Waals surface area contributed by atoms with E-state index in [9.17, 15) is 9.59 Å². The first-order chi connectivity index (χ1) is 11.8. The zero-order chi connectivity index (χ0) is 18.4. The Morgan fingerprint density at radius 2 is 1.96 bits per heavy atom. The third-order valence-electron chi connectivity index (χ3n) is 3.65. The van der Waals surface area contributed by atoms with Gasteiger partial charge in [-0.25, -0.2) is 4.79 Å². The molecule has 0 unspecified atom stereocenters. The van der Waals surface area contributed by atoms with Crippen molar-refractivity contribution >= 4 is 17.7 Å². The molecule has 0 radical (unpaired) electrons. The molecule has 1 aromatic carbocycles. The van der Waals surface area contributed by atoms with Crippen molar-refractivity contribution < 1.29 is 14.3 Å². The molecule has 0 saturated carbocycles. The van der Waals surface area contributed by atoms with Crippen molar-refractivity contribution in [3.8, 4) is 6.07 Å². The van der Waals surface area contributed by atoms with Gasteiger partial charge in [-0.1, -0.05) is 0 Å². The fourth-order valence-electron chi connectivity index (χ4n) is 2.53. The second-order valence-corrected chi connectivity index (χ2v) is 6.84. The number of benzene rings is 1. The first kappa shape index (κ1) is 18.7. The van der Waals surface area contributed by atoms with Crippen LogP contribution in [0.15, 0.2) is 24.3 Å². The number of ether oxygens (including phenoxy) is 1. The van der Waals surface area contributed by atoms with Crippen molar-refractivity contribution in [3.05, 3.63) is 29.8 Å². The average Bonchev–Trinajstić information content (AvgIpc) is 2.91. The zero-order valence-electron chi connectivity index (χ0n) is 14.9. The van der Waals surface area contributed by atoms with Gasteiger partial charge >= 0.3 is 12.0 Å². The van der Waals surface area contributed by atoms with E-state index in [0.717, 1.165) is 5.69 Å². The quantitative estimate of drug-likeness (QED) is 0.627. The van der Waals surface area contributed by atoms with Gasteiger partial charge in [0.15, 0.2) is 0 Å². The molecule has 25 heavy (non-hydrogen) atoms. The summed E-state index contributed by atoms with van der Waals surface area (Å²) in [5.41, 5.74) is 0.859. The van der Waals surface area contributed by atoms with Gasteiger partial charge in [-0.15, -0.1) is 0 Å². The summed E-state index contributed by atoms with van der Waals surface area (Å²) in [5.74, 6) is -0.306. The van der Waals surface area contributed by atoms with Crippen LogP contribution in [-0.4, -0.2) is 55.2 Å². The van der Waals surface area contributed by atoms with Crippen LogP contribution in [0.2, 0.25) is 0 Å². The van der Waals surface area contributed by atoms with Gasteiger partial charge in [-0.05, 0) is 45.0 Å². The fourth-order valence-corrected chi connectivity index (χ4v) is 2.53. The Morgan fingerprint density at radius 3 is 2.56 bits per heavy atom. The monoisotopic (exact) mass is 344 g/mol. The summed E-state index contributed by atoms with van der Waals surface area (Å²) in [6.45, 7) is 7.88. The number of amides is 2. The summed E-state index contributed by atoms with van der Waals surface area (Å²) in [6.07, 6.45) is 0. The van der Waals surface area contributed by atoms with E-state index in [1.54, 1.807) is 34.1 Å². The highest BCUT2D eigenvalue weighted by Crippen LogP contribution is 2.20. The van der Waals surface area contributed by atoms with Gasteiger partial charge in [0.25, 0.3) is 0 Å². The number of nitrogens with zero attached hydrogens (tertiary/aromatic N) is 3. The van der Waals surface area contributed by atoms with Crippen molar-refractivity contribution in [1.29, 1.82) is 5.26 Å². The first-order valence-corrected chi connectivity index (χ1v) is 8.29. The second kappa shape index (κ2) is 7.99. The summed E-state index contributed by atoms with van der Waals surface area (Å²) >= 11 is 0. The van der Waals surface area contributed by atoms with E-state index in [2.05, 4.69) is 11.4 Å². The molecule has 134 valence electrons. The average molecular weight is 344 g/mol. The number of nitriles is 1. The van der Waals surface area contributed by atoms with Crippen molar-refractivity contribution in [2.24, 2.45) is 0 Å². The van der Waals surface area contributed by atoms with E-state index >= 15 is 0 Å². The van der Waals surface area contributed by atoms with Crippen molar-refractivity contribution in [3.63, 3.8) is 0 Å². The van der Waals surface area contributed by atoms with Crippen LogP contribution in [-0.2, 0) is 9.53 Å². The van der Waals surface area contributed by atoms with Gasteiger partial charge in [-0.2, -0.15) is 5.26 Å². The number of nitrogens with one attached hydrogen (secondary N) is 1. The van der Waals surface area contributed by atoms with Gasteiger partial charge in [0.05, 0.1) is 18.2 Å². The number of esters is 1. The molecule has 0 bridgehead atoms. The van der Waals surface area contributed by atoms with Crippen LogP contribution in [0.5, 0.6) is 0 Å². The minimum atomic E-state index is -0.495. The SMILES string of the molecule is CC(C)(C)OC(=O)CNCCN1CCN(c2ccc(C#N)cc2)C1=O. The summed E-state index contributed by atoms with van der Waals surface area (Å²) in [5, 5.41) is 11.8. The zero-order valence-corrected chi connectivity index (χ0v) is 14.9. The van der Waals surface area contributed by atoms with E-state index < -0.39 is 5.60 Å². The Bertz CT molecular complexity index is 658. The molecular weight excluding hydrogens is 320 g/mol. The topological polar surface area (TPSA) is 85.7 Å². The van der Waals surface area contributed by atoms with Crippen molar-refractivity contribution in [1.82, 2.24) is 10.2 Å². The molecule has 1 aliphatic rings. The Balaban J connectivity index is 1.76. The van der Waals surface area contributed by atoms with E-state index in [4.69, 9.17) is 10.00 Å². The standard InChI is InChI=1S/C18H24N4O3/c1-18(2,3)25-16(23)13-20-8-9-21-10-11-22(17(21)24)15-6-4-14(12-19)5-7-15/h4-7,20H,8-11,13H2,1-3H3. The summed E-state index contributed by atoms with van der Waals surface area (Å²) < 4.78 is 5.21. The molecule has 0 aromatic heterocycles. The Hall–Kier alpha value is -2.59. The largest absolute Gasteiger partial charge is 0.459 e. The predicted octanol–water partition coefficient (Wildman–Crippen LogP) is 1.73. The Kier molecular flexibility index (Phi) is 5.99. The lowest BCUT2D eigenvalue weighted by molar-refractivity contribution is -0.153. The number of urea groups is 1. The molecule has 7 heteroatoms. The number of carbonyl (C=O) groups excluding carboxylic acids is 2. The maximum absolute atomic E-state index is 12.4.